The van der Waals surface area contributed by atoms with Gasteiger partial charge in [-0.2, -0.15) is 0 Å². The third-order valence-corrected chi connectivity index (χ3v) is 4.24. The Balaban J connectivity index is 2.13. The quantitative estimate of drug-likeness (QED) is 0.794. The third kappa shape index (κ3) is 3.04. The molecule has 0 fully saturated rings. The maximum absolute atomic E-state index is 12.6. The van der Waals surface area contributed by atoms with Gasteiger partial charge in [-0.05, 0) is 44.2 Å². The second-order valence-electron chi connectivity index (χ2n) is 5.52. The molecule has 0 radical (unpaired) electrons. The first-order valence-electron chi connectivity index (χ1n) is 7.49. The molecular formula is C17H24O3. The lowest BCUT2D eigenvalue weighted by molar-refractivity contribution is -0.143. The van der Waals surface area contributed by atoms with Gasteiger partial charge in [0, 0.05) is 13.0 Å². The van der Waals surface area contributed by atoms with Crippen molar-refractivity contribution in [1.82, 2.24) is 0 Å². The van der Waals surface area contributed by atoms with Crippen LogP contribution in [0, 0.1) is 0 Å². The third-order valence-electron chi connectivity index (χ3n) is 4.24. The molecule has 0 saturated heterocycles. The van der Waals surface area contributed by atoms with Crippen molar-refractivity contribution in [1.29, 1.82) is 0 Å². The minimum atomic E-state index is -0.651. The molecule has 1 aromatic rings. The first-order chi connectivity index (χ1) is 9.60. The zero-order valence-corrected chi connectivity index (χ0v) is 12.6. The smallest absolute Gasteiger partial charge is 0.164 e. The molecule has 3 heteroatoms. The number of ketones is 1. The van der Waals surface area contributed by atoms with Gasteiger partial charge in [-0.25, -0.2) is 0 Å². The van der Waals surface area contributed by atoms with Crippen molar-refractivity contribution in [2.24, 2.45) is 0 Å². The van der Waals surface area contributed by atoms with E-state index in [4.69, 9.17) is 9.47 Å². The summed E-state index contributed by atoms with van der Waals surface area (Å²) in [6, 6.07) is 8.02. The van der Waals surface area contributed by atoms with E-state index in [1.807, 2.05) is 39.0 Å². The van der Waals surface area contributed by atoms with Gasteiger partial charge in [0.05, 0.1) is 6.61 Å². The van der Waals surface area contributed by atoms with Crippen molar-refractivity contribution in [3.05, 3.63) is 29.8 Å². The van der Waals surface area contributed by atoms with Gasteiger partial charge in [-0.3, -0.25) is 4.79 Å². The fourth-order valence-corrected chi connectivity index (χ4v) is 2.77. The van der Waals surface area contributed by atoms with Gasteiger partial charge < -0.3 is 9.47 Å². The molecule has 0 aromatic heterocycles. The topological polar surface area (TPSA) is 35.5 Å². The lowest BCUT2D eigenvalue weighted by atomic mass is 9.84. The van der Waals surface area contributed by atoms with E-state index in [-0.39, 0.29) is 11.7 Å². The molecule has 0 spiro atoms. The highest BCUT2D eigenvalue weighted by Crippen LogP contribution is 2.37. The van der Waals surface area contributed by atoms with E-state index >= 15 is 0 Å². The van der Waals surface area contributed by atoms with Gasteiger partial charge in [0.1, 0.15) is 11.4 Å². The van der Waals surface area contributed by atoms with Crippen LogP contribution < -0.4 is 4.74 Å². The highest BCUT2D eigenvalue weighted by Gasteiger charge is 2.34. The number of ether oxygens (including phenoxy) is 2. The van der Waals surface area contributed by atoms with Crippen molar-refractivity contribution >= 4 is 5.78 Å². The molecule has 0 saturated carbocycles. The minimum absolute atomic E-state index is 0.198. The summed E-state index contributed by atoms with van der Waals surface area (Å²) in [5.74, 6) is 1.37. The number of benzene rings is 1. The Kier molecular flexibility index (Phi) is 4.81. The summed E-state index contributed by atoms with van der Waals surface area (Å²) in [6.45, 7) is 7.10. The number of carbonyl (C=O) groups excluding carboxylic acids is 1. The Morgan fingerprint density at radius 2 is 2.15 bits per heavy atom. The lowest BCUT2D eigenvalue weighted by Crippen LogP contribution is -2.39. The molecule has 3 nitrogen and oxygen atoms in total. The minimum Gasteiger partial charge on any atom is -0.493 e. The Labute approximate surface area is 121 Å². The van der Waals surface area contributed by atoms with Crippen LogP contribution in [-0.4, -0.2) is 24.6 Å². The summed E-state index contributed by atoms with van der Waals surface area (Å²) in [4.78, 5) is 12.6. The van der Waals surface area contributed by atoms with E-state index in [9.17, 15) is 4.79 Å². The van der Waals surface area contributed by atoms with Crippen molar-refractivity contribution < 1.29 is 14.3 Å². The molecule has 20 heavy (non-hydrogen) atoms. The zero-order valence-electron chi connectivity index (χ0n) is 12.6. The molecule has 2 unspecified atom stereocenters. The summed E-state index contributed by atoms with van der Waals surface area (Å²) in [5.41, 5.74) is 0.504. The van der Waals surface area contributed by atoms with Crippen LogP contribution in [0.25, 0.3) is 0 Å². The molecule has 0 bridgehead atoms. The molecule has 0 aliphatic carbocycles. The number of rotatable bonds is 6. The predicted octanol–water partition coefficient (Wildman–Crippen LogP) is 3.72. The van der Waals surface area contributed by atoms with Crippen molar-refractivity contribution in [2.75, 3.05) is 13.2 Å². The van der Waals surface area contributed by atoms with E-state index in [0.717, 1.165) is 17.7 Å². The monoisotopic (exact) mass is 276 g/mol. The SMILES string of the molecule is CCOC(C)(CC)C(=O)CC1CCOc2ccccc21. The van der Waals surface area contributed by atoms with Crippen molar-refractivity contribution in [3.63, 3.8) is 0 Å². The molecule has 2 rings (SSSR count). The van der Waals surface area contributed by atoms with Crippen LogP contribution in [0.2, 0.25) is 0 Å². The Morgan fingerprint density at radius 1 is 1.40 bits per heavy atom. The van der Waals surface area contributed by atoms with Crippen molar-refractivity contribution in [3.8, 4) is 5.75 Å². The molecule has 1 aliphatic heterocycles. The van der Waals surface area contributed by atoms with Crippen LogP contribution in [-0.2, 0) is 9.53 Å². The standard InChI is InChI=1S/C17H24O3/c1-4-17(3,20-5-2)16(18)12-13-10-11-19-15-9-7-6-8-14(13)15/h6-9,13H,4-5,10-12H2,1-3H3. The van der Waals surface area contributed by atoms with E-state index in [1.165, 1.54) is 0 Å². The van der Waals surface area contributed by atoms with Gasteiger partial charge in [0.25, 0.3) is 0 Å². The fourth-order valence-electron chi connectivity index (χ4n) is 2.77. The van der Waals surface area contributed by atoms with Crippen LogP contribution in [0.5, 0.6) is 5.75 Å². The van der Waals surface area contributed by atoms with E-state index < -0.39 is 5.60 Å². The maximum Gasteiger partial charge on any atom is 0.164 e. The molecule has 0 N–H and O–H groups in total. The molecule has 1 heterocycles. The van der Waals surface area contributed by atoms with E-state index in [0.29, 0.717) is 26.1 Å². The average Bonchev–Trinajstić information content (AvgIpc) is 2.47. The van der Waals surface area contributed by atoms with Crippen LogP contribution in [0.3, 0.4) is 0 Å². The molecule has 2 atom stereocenters. The summed E-state index contributed by atoms with van der Waals surface area (Å²) in [7, 11) is 0. The summed E-state index contributed by atoms with van der Waals surface area (Å²) >= 11 is 0. The zero-order chi connectivity index (χ0) is 14.6. The summed E-state index contributed by atoms with van der Waals surface area (Å²) in [6.07, 6.45) is 2.14. The van der Waals surface area contributed by atoms with Gasteiger partial charge in [0.2, 0.25) is 0 Å². The largest absolute Gasteiger partial charge is 0.493 e. The second-order valence-corrected chi connectivity index (χ2v) is 5.52. The highest BCUT2D eigenvalue weighted by atomic mass is 16.5. The number of fused-ring (bicyclic) bond motifs is 1. The van der Waals surface area contributed by atoms with Gasteiger partial charge in [-0.1, -0.05) is 25.1 Å². The molecule has 110 valence electrons. The van der Waals surface area contributed by atoms with Gasteiger partial charge in [0.15, 0.2) is 5.78 Å². The lowest BCUT2D eigenvalue weighted by Gasteiger charge is -2.31. The number of Topliss-reactive ketones (excluding diaryl/α,β-unsaturated/α-hetero) is 1. The van der Waals surface area contributed by atoms with Crippen molar-refractivity contribution in [2.45, 2.75) is 51.6 Å². The van der Waals surface area contributed by atoms with E-state index in [1.54, 1.807) is 0 Å². The fraction of sp³-hybridized carbons (Fsp3) is 0.588. The predicted molar refractivity (Wildman–Crippen MR) is 79.2 cm³/mol. The van der Waals surface area contributed by atoms with Gasteiger partial charge in [-0.15, -0.1) is 0 Å². The van der Waals surface area contributed by atoms with E-state index in [2.05, 4.69) is 6.07 Å². The summed E-state index contributed by atoms with van der Waals surface area (Å²) in [5, 5.41) is 0. The first-order valence-corrected chi connectivity index (χ1v) is 7.49. The Morgan fingerprint density at radius 3 is 2.85 bits per heavy atom. The number of hydrogen-bond donors (Lipinski definition) is 0. The molecule has 1 aromatic carbocycles. The number of carbonyl (C=O) groups is 1. The molecule has 0 amide bonds. The highest BCUT2D eigenvalue weighted by molar-refractivity contribution is 5.87. The number of hydrogen-bond acceptors (Lipinski definition) is 3. The second kappa shape index (κ2) is 6.40. The van der Waals surface area contributed by atoms with Crippen LogP contribution in [0.1, 0.15) is 51.5 Å². The number of para-hydroxylation sites is 1. The molecule has 1 aliphatic rings. The Hall–Kier alpha value is -1.35. The first kappa shape index (κ1) is 15.0. The molecular weight excluding hydrogens is 252 g/mol. The summed E-state index contributed by atoms with van der Waals surface area (Å²) < 4.78 is 11.3. The van der Waals surface area contributed by atoms with Crippen LogP contribution in [0.4, 0.5) is 0 Å². The maximum atomic E-state index is 12.6. The van der Waals surface area contributed by atoms with Gasteiger partial charge >= 0.3 is 0 Å². The van der Waals surface area contributed by atoms with Crippen LogP contribution in [0.15, 0.2) is 24.3 Å². The average molecular weight is 276 g/mol. The Bertz CT molecular complexity index is 469. The normalized spacial score (nSPS) is 20.6. The van der Waals surface area contributed by atoms with Crippen LogP contribution >= 0.6 is 0 Å².